The van der Waals surface area contributed by atoms with Gasteiger partial charge in [-0.05, 0) is 12.1 Å². The highest BCUT2D eigenvalue weighted by Gasteiger charge is 2.09. The predicted molar refractivity (Wildman–Crippen MR) is 73.2 cm³/mol. The summed E-state index contributed by atoms with van der Waals surface area (Å²) in [5.74, 6) is 1.36. The van der Waals surface area contributed by atoms with Crippen molar-refractivity contribution < 1.29 is 4.79 Å². The van der Waals surface area contributed by atoms with Gasteiger partial charge in [-0.15, -0.1) is 20.4 Å². The number of carbonyl (C=O) groups is 1. The van der Waals surface area contributed by atoms with E-state index in [4.69, 9.17) is 0 Å². The summed E-state index contributed by atoms with van der Waals surface area (Å²) >= 11 is 0. The van der Waals surface area contributed by atoms with Crippen LogP contribution in [0.5, 0.6) is 0 Å². The van der Waals surface area contributed by atoms with Crippen molar-refractivity contribution in [3.8, 4) is 0 Å². The molecule has 1 amide bonds. The molecule has 0 aliphatic carbocycles. The van der Waals surface area contributed by atoms with Gasteiger partial charge < -0.3 is 14.8 Å². The van der Waals surface area contributed by atoms with Crippen LogP contribution in [0.4, 0.5) is 5.82 Å². The standard InChI is InChI=1S/C12H17N7O/c1-18(2)12(20)9-4-5-10(16-15-9)13-7-6-11-17-14-8-19(11)3/h4-5,8H,6-7H2,1-3H3,(H,13,16). The summed E-state index contributed by atoms with van der Waals surface area (Å²) < 4.78 is 1.87. The fraction of sp³-hybridized carbons (Fsp3) is 0.417. The molecule has 0 unspecified atom stereocenters. The molecular weight excluding hydrogens is 258 g/mol. The average molecular weight is 275 g/mol. The normalized spacial score (nSPS) is 10.3. The highest BCUT2D eigenvalue weighted by Crippen LogP contribution is 2.04. The molecule has 0 saturated heterocycles. The Hall–Kier alpha value is -2.51. The Balaban J connectivity index is 1.88. The van der Waals surface area contributed by atoms with E-state index in [-0.39, 0.29) is 5.91 Å². The molecule has 0 aromatic carbocycles. The van der Waals surface area contributed by atoms with Gasteiger partial charge >= 0.3 is 0 Å². The van der Waals surface area contributed by atoms with E-state index in [2.05, 4.69) is 25.7 Å². The Bertz CT molecular complexity index is 576. The molecule has 2 heterocycles. The molecule has 0 radical (unpaired) electrons. The SMILES string of the molecule is CN(C)C(=O)c1ccc(NCCc2nncn2C)nn1. The topological polar surface area (TPSA) is 88.8 Å². The minimum absolute atomic E-state index is 0.164. The lowest BCUT2D eigenvalue weighted by molar-refractivity contribution is 0.0821. The van der Waals surface area contributed by atoms with Crippen LogP contribution in [0.2, 0.25) is 0 Å². The molecule has 8 heteroatoms. The number of anilines is 1. The minimum atomic E-state index is -0.164. The molecule has 2 aromatic rings. The van der Waals surface area contributed by atoms with E-state index in [0.717, 1.165) is 12.2 Å². The summed E-state index contributed by atoms with van der Waals surface area (Å²) in [6.45, 7) is 0.669. The van der Waals surface area contributed by atoms with Crippen molar-refractivity contribution in [2.45, 2.75) is 6.42 Å². The molecule has 0 fully saturated rings. The van der Waals surface area contributed by atoms with Gasteiger partial charge in [0.25, 0.3) is 5.91 Å². The van der Waals surface area contributed by atoms with Gasteiger partial charge in [0.1, 0.15) is 18.0 Å². The summed E-state index contributed by atoms with van der Waals surface area (Å²) in [4.78, 5) is 13.1. The number of hydrogen-bond donors (Lipinski definition) is 1. The van der Waals surface area contributed by atoms with Gasteiger partial charge in [0.2, 0.25) is 0 Å². The third-order valence-electron chi connectivity index (χ3n) is 2.75. The molecule has 0 aliphatic rings. The van der Waals surface area contributed by atoms with E-state index in [9.17, 15) is 4.79 Å². The largest absolute Gasteiger partial charge is 0.368 e. The van der Waals surface area contributed by atoms with Crippen LogP contribution in [0, 0.1) is 0 Å². The predicted octanol–water partition coefficient (Wildman–Crippen LogP) is -0.0385. The summed E-state index contributed by atoms with van der Waals surface area (Å²) in [6.07, 6.45) is 2.40. The molecule has 0 bridgehead atoms. The molecule has 20 heavy (non-hydrogen) atoms. The van der Waals surface area contributed by atoms with Crippen molar-refractivity contribution in [2.24, 2.45) is 7.05 Å². The number of amides is 1. The number of aryl methyl sites for hydroxylation is 1. The van der Waals surface area contributed by atoms with Crippen molar-refractivity contribution in [3.63, 3.8) is 0 Å². The van der Waals surface area contributed by atoms with Crippen LogP contribution >= 0.6 is 0 Å². The molecule has 0 aliphatic heterocycles. The van der Waals surface area contributed by atoms with Gasteiger partial charge in [-0.2, -0.15) is 0 Å². The Morgan fingerprint density at radius 2 is 2.10 bits per heavy atom. The maximum absolute atomic E-state index is 11.6. The van der Waals surface area contributed by atoms with E-state index >= 15 is 0 Å². The first-order valence-corrected chi connectivity index (χ1v) is 6.20. The second-order valence-electron chi connectivity index (χ2n) is 4.54. The summed E-state index contributed by atoms with van der Waals surface area (Å²) in [6, 6.07) is 3.39. The van der Waals surface area contributed by atoms with Gasteiger partial charge in [0.15, 0.2) is 5.69 Å². The minimum Gasteiger partial charge on any atom is -0.368 e. The molecule has 1 N–H and O–H groups in total. The Morgan fingerprint density at radius 1 is 1.30 bits per heavy atom. The molecule has 2 aromatic heterocycles. The van der Waals surface area contributed by atoms with Crippen LogP contribution in [0.15, 0.2) is 18.5 Å². The fourth-order valence-electron chi connectivity index (χ4n) is 1.61. The maximum Gasteiger partial charge on any atom is 0.273 e. The van der Waals surface area contributed by atoms with Crippen LogP contribution in [-0.2, 0) is 13.5 Å². The number of nitrogens with one attached hydrogen (secondary N) is 1. The molecular formula is C12H17N7O. The number of nitrogens with zero attached hydrogens (tertiary/aromatic N) is 6. The first-order chi connectivity index (χ1) is 9.58. The van der Waals surface area contributed by atoms with E-state index in [1.165, 1.54) is 4.90 Å². The Labute approximate surface area is 116 Å². The van der Waals surface area contributed by atoms with Gasteiger partial charge in [0, 0.05) is 34.1 Å². The quantitative estimate of drug-likeness (QED) is 0.823. The Morgan fingerprint density at radius 3 is 2.65 bits per heavy atom. The van der Waals surface area contributed by atoms with E-state index in [1.54, 1.807) is 32.6 Å². The van der Waals surface area contributed by atoms with E-state index in [0.29, 0.717) is 18.1 Å². The Kier molecular flexibility index (Phi) is 4.24. The van der Waals surface area contributed by atoms with Gasteiger partial charge in [-0.1, -0.05) is 0 Å². The van der Waals surface area contributed by atoms with Crippen molar-refractivity contribution in [3.05, 3.63) is 30.0 Å². The van der Waals surface area contributed by atoms with Gasteiger partial charge in [-0.25, -0.2) is 0 Å². The fourth-order valence-corrected chi connectivity index (χ4v) is 1.61. The summed E-state index contributed by atoms with van der Waals surface area (Å²) in [5, 5.41) is 18.8. The molecule has 0 atom stereocenters. The third kappa shape index (κ3) is 3.28. The zero-order chi connectivity index (χ0) is 14.5. The summed E-state index contributed by atoms with van der Waals surface area (Å²) in [7, 11) is 5.25. The van der Waals surface area contributed by atoms with Crippen LogP contribution < -0.4 is 5.32 Å². The maximum atomic E-state index is 11.6. The van der Waals surface area contributed by atoms with E-state index in [1.807, 2.05) is 11.6 Å². The molecule has 8 nitrogen and oxygen atoms in total. The van der Waals surface area contributed by atoms with E-state index < -0.39 is 0 Å². The zero-order valence-corrected chi connectivity index (χ0v) is 11.7. The second kappa shape index (κ2) is 6.09. The van der Waals surface area contributed by atoms with Gasteiger partial charge in [-0.3, -0.25) is 4.79 Å². The molecule has 0 saturated carbocycles. The monoisotopic (exact) mass is 275 g/mol. The van der Waals surface area contributed by atoms with Crippen LogP contribution in [0.1, 0.15) is 16.3 Å². The first-order valence-electron chi connectivity index (χ1n) is 6.20. The second-order valence-corrected chi connectivity index (χ2v) is 4.54. The lowest BCUT2D eigenvalue weighted by Crippen LogP contribution is -2.23. The van der Waals surface area contributed by atoms with Crippen LogP contribution in [-0.4, -0.2) is 56.4 Å². The number of carbonyl (C=O) groups excluding carboxylic acids is 1. The zero-order valence-electron chi connectivity index (χ0n) is 11.7. The van der Waals surface area contributed by atoms with Crippen LogP contribution in [0.25, 0.3) is 0 Å². The van der Waals surface area contributed by atoms with Crippen molar-refractivity contribution in [1.82, 2.24) is 29.9 Å². The smallest absolute Gasteiger partial charge is 0.273 e. The lowest BCUT2D eigenvalue weighted by Gasteiger charge is -2.09. The van der Waals surface area contributed by atoms with Crippen molar-refractivity contribution >= 4 is 11.7 Å². The number of aromatic nitrogens is 5. The number of hydrogen-bond acceptors (Lipinski definition) is 6. The van der Waals surface area contributed by atoms with Crippen LogP contribution in [0.3, 0.4) is 0 Å². The molecule has 2 rings (SSSR count). The number of rotatable bonds is 5. The van der Waals surface area contributed by atoms with Crippen molar-refractivity contribution in [1.29, 1.82) is 0 Å². The highest BCUT2D eigenvalue weighted by atomic mass is 16.2. The molecule has 106 valence electrons. The van der Waals surface area contributed by atoms with Gasteiger partial charge in [0.05, 0.1) is 0 Å². The van der Waals surface area contributed by atoms with Crippen molar-refractivity contribution in [2.75, 3.05) is 26.0 Å². The lowest BCUT2D eigenvalue weighted by atomic mass is 10.3. The molecule has 0 spiro atoms. The first kappa shape index (κ1) is 13.9. The average Bonchev–Trinajstić information content (AvgIpc) is 2.84. The highest BCUT2D eigenvalue weighted by molar-refractivity contribution is 5.91. The third-order valence-corrected chi connectivity index (χ3v) is 2.75. The summed E-state index contributed by atoms with van der Waals surface area (Å²) in [5.41, 5.74) is 0.328.